The second-order valence-electron chi connectivity index (χ2n) is 3.42. The minimum Gasteiger partial charge on any atom is -1.00 e. The number of aryl methyl sites for hydroxylation is 2. The van der Waals surface area contributed by atoms with Gasteiger partial charge < -0.3 is 24.0 Å². The monoisotopic (exact) mass is 333 g/mol. The van der Waals surface area contributed by atoms with Crippen LogP contribution >= 0.6 is 11.6 Å². The molecule has 3 heteroatoms. The molecule has 0 aliphatic heterocycles. The molecule has 1 nitrogen and oxygen atoms in total. The molecule has 0 radical (unpaired) electrons. The van der Waals surface area contributed by atoms with Crippen LogP contribution in [0.15, 0.2) is 30.5 Å². The van der Waals surface area contributed by atoms with Crippen LogP contribution in [-0.2, 0) is 6.54 Å². The molecule has 0 bridgehead atoms. The van der Waals surface area contributed by atoms with Gasteiger partial charge >= 0.3 is 0 Å². The van der Waals surface area contributed by atoms with Crippen molar-refractivity contribution < 1.29 is 28.5 Å². The van der Waals surface area contributed by atoms with Crippen molar-refractivity contribution in [1.82, 2.24) is 0 Å². The fraction of sp³-hybridized carbons (Fsp3) is 0.250. The largest absolute Gasteiger partial charge is 1.00 e. The Bertz CT molecular complexity index is 482. The van der Waals surface area contributed by atoms with Gasteiger partial charge in [0.1, 0.15) is 11.6 Å². The molecule has 0 amide bonds. The summed E-state index contributed by atoms with van der Waals surface area (Å²) in [4.78, 5) is 0. The Morgan fingerprint density at radius 3 is 2.67 bits per heavy atom. The maximum atomic E-state index is 6.19. The zero-order valence-electron chi connectivity index (χ0n) is 8.80. The van der Waals surface area contributed by atoms with Gasteiger partial charge in [-0.25, -0.2) is 0 Å². The van der Waals surface area contributed by atoms with E-state index in [0.717, 1.165) is 17.1 Å². The van der Waals surface area contributed by atoms with Gasteiger partial charge in [0.05, 0.1) is 5.39 Å². The summed E-state index contributed by atoms with van der Waals surface area (Å²) in [5.74, 6) is 0. The quantitative estimate of drug-likeness (QED) is 0.515. The first-order valence-electron chi connectivity index (χ1n) is 4.81. The van der Waals surface area contributed by atoms with E-state index in [4.69, 9.17) is 11.6 Å². The van der Waals surface area contributed by atoms with Gasteiger partial charge in [0, 0.05) is 6.07 Å². The molecule has 0 aliphatic rings. The van der Waals surface area contributed by atoms with Crippen LogP contribution in [0.5, 0.6) is 0 Å². The van der Waals surface area contributed by atoms with Crippen LogP contribution in [0.1, 0.15) is 12.5 Å². The van der Waals surface area contributed by atoms with Crippen molar-refractivity contribution in [1.29, 1.82) is 0 Å². The second-order valence-corrected chi connectivity index (χ2v) is 3.83. The van der Waals surface area contributed by atoms with Crippen LogP contribution in [0.2, 0.25) is 5.02 Å². The van der Waals surface area contributed by atoms with Gasteiger partial charge in [-0.1, -0.05) is 17.7 Å². The molecule has 0 aliphatic carbocycles. The molecule has 2 aromatic rings. The molecule has 2 rings (SSSR count). The van der Waals surface area contributed by atoms with Gasteiger partial charge in [0.15, 0.2) is 6.20 Å². The lowest BCUT2D eigenvalue weighted by atomic mass is 10.1. The SMILES string of the molecule is CC[n+]1ccc(C)c2cccc(Cl)c21.[I-]. The van der Waals surface area contributed by atoms with E-state index in [9.17, 15) is 0 Å². The van der Waals surface area contributed by atoms with E-state index < -0.39 is 0 Å². The molecule has 0 atom stereocenters. The lowest BCUT2D eigenvalue weighted by Crippen LogP contribution is -3.00. The number of aromatic nitrogens is 1. The summed E-state index contributed by atoms with van der Waals surface area (Å²) in [6.45, 7) is 5.18. The molecule has 1 aromatic carbocycles. The summed E-state index contributed by atoms with van der Waals surface area (Å²) in [6, 6.07) is 8.18. The molecule has 0 N–H and O–H groups in total. The van der Waals surface area contributed by atoms with Crippen molar-refractivity contribution in [3.63, 3.8) is 0 Å². The van der Waals surface area contributed by atoms with Crippen LogP contribution in [0.4, 0.5) is 0 Å². The van der Waals surface area contributed by atoms with Crippen molar-refractivity contribution >= 4 is 22.5 Å². The highest BCUT2D eigenvalue weighted by Gasteiger charge is 2.12. The number of benzene rings is 1. The third-order valence-electron chi connectivity index (χ3n) is 2.54. The predicted molar refractivity (Wildman–Crippen MR) is 59.6 cm³/mol. The average molecular weight is 334 g/mol. The number of pyridine rings is 1. The van der Waals surface area contributed by atoms with Crippen molar-refractivity contribution in [3.05, 3.63) is 41.0 Å². The molecule has 0 saturated carbocycles. The van der Waals surface area contributed by atoms with Crippen molar-refractivity contribution in [2.75, 3.05) is 0 Å². The van der Waals surface area contributed by atoms with E-state index in [1.54, 1.807) is 0 Å². The third-order valence-corrected chi connectivity index (χ3v) is 2.85. The fourth-order valence-electron chi connectivity index (χ4n) is 1.76. The highest BCUT2D eigenvalue weighted by atomic mass is 127. The first kappa shape index (κ1) is 12.7. The smallest absolute Gasteiger partial charge is 0.231 e. The maximum Gasteiger partial charge on any atom is 0.231 e. The molecule has 15 heavy (non-hydrogen) atoms. The lowest BCUT2D eigenvalue weighted by molar-refractivity contribution is -0.667. The van der Waals surface area contributed by atoms with Crippen LogP contribution in [0.25, 0.3) is 10.9 Å². The van der Waals surface area contributed by atoms with E-state index in [1.165, 1.54) is 10.9 Å². The molecule has 1 heterocycles. The summed E-state index contributed by atoms with van der Waals surface area (Å²) in [5.41, 5.74) is 2.41. The fourth-order valence-corrected chi connectivity index (χ4v) is 2.04. The van der Waals surface area contributed by atoms with Crippen molar-refractivity contribution in [2.24, 2.45) is 0 Å². The molecule has 0 unspecified atom stereocenters. The summed E-state index contributed by atoms with van der Waals surface area (Å²) in [5, 5.41) is 2.06. The van der Waals surface area contributed by atoms with Crippen molar-refractivity contribution in [2.45, 2.75) is 20.4 Å². The Kier molecular flexibility index (Phi) is 4.34. The van der Waals surface area contributed by atoms with E-state index in [1.807, 2.05) is 12.1 Å². The highest BCUT2D eigenvalue weighted by Crippen LogP contribution is 2.22. The first-order chi connectivity index (χ1) is 6.74. The minimum absolute atomic E-state index is 0. The van der Waals surface area contributed by atoms with E-state index in [0.29, 0.717) is 0 Å². The van der Waals surface area contributed by atoms with Crippen LogP contribution < -0.4 is 28.5 Å². The predicted octanol–water partition coefficient (Wildman–Crippen LogP) is 0.113. The van der Waals surface area contributed by atoms with Gasteiger partial charge in [-0.05, 0) is 31.5 Å². The number of halogens is 2. The Balaban J connectivity index is 0.00000112. The van der Waals surface area contributed by atoms with Crippen LogP contribution in [0.3, 0.4) is 0 Å². The zero-order chi connectivity index (χ0) is 10.1. The number of para-hydroxylation sites is 1. The number of fused-ring (bicyclic) bond motifs is 1. The highest BCUT2D eigenvalue weighted by molar-refractivity contribution is 6.34. The third kappa shape index (κ3) is 2.26. The van der Waals surface area contributed by atoms with E-state index >= 15 is 0 Å². The molecule has 80 valence electrons. The minimum atomic E-state index is 0. The van der Waals surface area contributed by atoms with Gasteiger partial charge in [-0.15, -0.1) is 0 Å². The molecule has 0 spiro atoms. The van der Waals surface area contributed by atoms with Gasteiger partial charge in [-0.3, -0.25) is 0 Å². The summed E-state index contributed by atoms with van der Waals surface area (Å²) < 4.78 is 2.17. The average Bonchev–Trinajstić information content (AvgIpc) is 2.20. The number of hydrogen-bond donors (Lipinski definition) is 0. The van der Waals surface area contributed by atoms with E-state index in [-0.39, 0.29) is 24.0 Å². The standard InChI is InChI=1S/C12H13ClN.HI/c1-3-14-8-7-9(2)10-5-4-6-11(13)12(10)14;/h4-8H,3H2,1-2H3;1H/q+1;/p-1. The molecule has 0 fully saturated rings. The second kappa shape index (κ2) is 5.12. The number of hydrogen-bond acceptors (Lipinski definition) is 0. The summed E-state index contributed by atoms with van der Waals surface area (Å²) in [6.07, 6.45) is 2.09. The Hall–Kier alpha value is -0.350. The lowest BCUT2D eigenvalue weighted by Gasteiger charge is -2.02. The number of rotatable bonds is 1. The van der Waals surface area contributed by atoms with Crippen LogP contribution in [-0.4, -0.2) is 0 Å². The maximum absolute atomic E-state index is 6.19. The van der Waals surface area contributed by atoms with Gasteiger partial charge in [-0.2, -0.15) is 4.57 Å². The van der Waals surface area contributed by atoms with Crippen molar-refractivity contribution in [3.8, 4) is 0 Å². The zero-order valence-corrected chi connectivity index (χ0v) is 11.7. The first-order valence-corrected chi connectivity index (χ1v) is 5.19. The Labute approximate surface area is 112 Å². The molecular formula is C12H13ClIN. The van der Waals surface area contributed by atoms with Gasteiger partial charge in [0.2, 0.25) is 5.52 Å². The summed E-state index contributed by atoms with van der Waals surface area (Å²) in [7, 11) is 0. The number of nitrogens with zero attached hydrogens (tertiary/aromatic N) is 1. The topological polar surface area (TPSA) is 3.88 Å². The summed E-state index contributed by atoms with van der Waals surface area (Å²) >= 11 is 6.19. The normalized spacial score (nSPS) is 10.1. The molecular weight excluding hydrogens is 320 g/mol. The Morgan fingerprint density at radius 1 is 1.27 bits per heavy atom. The molecule has 1 aromatic heterocycles. The van der Waals surface area contributed by atoms with Crippen LogP contribution in [0, 0.1) is 6.92 Å². The molecule has 0 saturated heterocycles. The Morgan fingerprint density at radius 2 is 2.00 bits per heavy atom. The van der Waals surface area contributed by atoms with E-state index in [2.05, 4.69) is 36.7 Å². The van der Waals surface area contributed by atoms with Gasteiger partial charge in [0.25, 0.3) is 0 Å².